The highest BCUT2D eigenvalue weighted by atomic mass is 35.5. The van der Waals surface area contributed by atoms with E-state index in [-0.39, 0.29) is 11.0 Å². The number of rotatable bonds is 4. The molecule has 9 nitrogen and oxygen atoms in total. The van der Waals surface area contributed by atoms with E-state index in [1.165, 1.54) is 4.57 Å². The van der Waals surface area contributed by atoms with Crippen LogP contribution in [0.3, 0.4) is 0 Å². The van der Waals surface area contributed by atoms with Crippen molar-refractivity contribution in [3.63, 3.8) is 0 Å². The smallest absolute Gasteiger partial charge is 0.274 e. The SMILES string of the molecule is CCn1c(Sc2nc(Cl)nc(-n3ccnc3)n2)n[nH]c1=O. The van der Waals surface area contributed by atoms with E-state index in [9.17, 15) is 4.79 Å². The lowest BCUT2D eigenvalue weighted by atomic mass is 10.7. The maximum atomic E-state index is 11.5. The van der Waals surface area contributed by atoms with Gasteiger partial charge in [0.25, 0.3) is 0 Å². The molecular formula is C10H9ClN8OS. The highest BCUT2D eigenvalue weighted by Crippen LogP contribution is 2.22. The predicted octanol–water partition coefficient (Wildman–Crippen LogP) is 0.767. The molecule has 0 atom stereocenters. The Bertz CT molecular complexity index is 811. The molecule has 0 radical (unpaired) electrons. The second-order valence-corrected chi connectivity index (χ2v) is 5.09. The maximum absolute atomic E-state index is 11.5. The topological polar surface area (TPSA) is 107 Å². The Morgan fingerprint density at radius 3 is 2.95 bits per heavy atom. The number of halogens is 1. The van der Waals surface area contributed by atoms with Crippen LogP contribution in [-0.4, -0.2) is 39.3 Å². The van der Waals surface area contributed by atoms with Crippen molar-refractivity contribution in [3.8, 4) is 5.95 Å². The number of aromatic amines is 1. The second-order valence-electron chi connectivity index (χ2n) is 3.81. The molecule has 0 aromatic carbocycles. The summed E-state index contributed by atoms with van der Waals surface area (Å²) in [5, 5.41) is 7.16. The number of hydrogen-bond acceptors (Lipinski definition) is 7. The van der Waals surface area contributed by atoms with Gasteiger partial charge in [-0.25, -0.2) is 14.9 Å². The number of nitrogens with one attached hydrogen (secondary N) is 1. The van der Waals surface area contributed by atoms with Gasteiger partial charge in [0.05, 0.1) is 0 Å². The summed E-state index contributed by atoms with van der Waals surface area (Å²) in [6, 6.07) is 0. The van der Waals surface area contributed by atoms with Gasteiger partial charge >= 0.3 is 5.69 Å². The molecule has 0 aliphatic carbocycles. The first-order chi connectivity index (χ1) is 10.2. The van der Waals surface area contributed by atoms with Crippen LogP contribution in [0.25, 0.3) is 5.95 Å². The predicted molar refractivity (Wildman–Crippen MR) is 74.6 cm³/mol. The fourth-order valence-electron chi connectivity index (χ4n) is 1.60. The van der Waals surface area contributed by atoms with Crippen molar-refractivity contribution in [1.82, 2.24) is 39.3 Å². The van der Waals surface area contributed by atoms with E-state index < -0.39 is 0 Å². The van der Waals surface area contributed by atoms with Gasteiger partial charge in [-0.3, -0.25) is 9.13 Å². The Balaban J connectivity index is 1.97. The highest BCUT2D eigenvalue weighted by molar-refractivity contribution is 7.99. The van der Waals surface area contributed by atoms with Crippen molar-refractivity contribution in [1.29, 1.82) is 0 Å². The van der Waals surface area contributed by atoms with Crippen molar-refractivity contribution < 1.29 is 0 Å². The number of aromatic nitrogens is 8. The standard InChI is InChI=1S/C10H9ClN8OS/c1-2-19-9(20)16-17-10(19)21-8-14-6(11)13-7(15-8)18-4-3-12-5-18/h3-5H,2H2,1H3,(H,16,20). The fraction of sp³-hybridized carbons (Fsp3) is 0.200. The van der Waals surface area contributed by atoms with Crippen molar-refractivity contribution in [2.75, 3.05) is 0 Å². The van der Waals surface area contributed by atoms with E-state index in [0.717, 1.165) is 11.8 Å². The van der Waals surface area contributed by atoms with Crippen molar-refractivity contribution >= 4 is 23.4 Å². The quantitative estimate of drug-likeness (QED) is 0.755. The summed E-state index contributed by atoms with van der Waals surface area (Å²) in [5.74, 6) is 0.343. The normalized spacial score (nSPS) is 11.0. The molecule has 0 saturated carbocycles. The summed E-state index contributed by atoms with van der Waals surface area (Å²) in [7, 11) is 0. The molecule has 108 valence electrons. The molecule has 3 heterocycles. The first kappa shape index (κ1) is 13.8. The average Bonchev–Trinajstić information content (AvgIpc) is 3.08. The largest absolute Gasteiger partial charge is 0.343 e. The van der Waals surface area contributed by atoms with Gasteiger partial charge in [0.2, 0.25) is 16.4 Å². The van der Waals surface area contributed by atoms with Gasteiger partial charge in [-0.05, 0) is 30.3 Å². The minimum atomic E-state index is -0.282. The third-order valence-corrected chi connectivity index (χ3v) is 3.56. The third-order valence-electron chi connectivity index (χ3n) is 2.53. The van der Waals surface area contributed by atoms with Crippen LogP contribution in [0.15, 0.2) is 33.8 Å². The Labute approximate surface area is 127 Å². The van der Waals surface area contributed by atoms with E-state index in [0.29, 0.717) is 22.8 Å². The number of nitrogens with zero attached hydrogens (tertiary/aromatic N) is 7. The van der Waals surface area contributed by atoms with Crippen LogP contribution in [0.1, 0.15) is 6.92 Å². The zero-order valence-electron chi connectivity index (χ0n) is 10.8. The van der Waals surface area contributed by atoms with Gasteiger partial charge in [-0.2, -0.15) is 15.0 Å². The zero-order chi connectivity index (χ0) is 14.8. The van der Waals surface area contributed by atoms with E-state index in [1.54, 1.807) is 23.3 Å². The van der Waals surface area contributed by atoms with Crippen LogP contribution in [0.5, 0.6) is 0 Å². The molecule has 0 spiro atoms. The van der Waals surface area contributed by atoms with Crippen LogP contribution < -0.4 is 5.69 Å². The molecule has 0 amide bonds. The van der Waals surface area contributed by atoms with Crippen LogP contribution in [0, 0.1) is 0 Å². The lowest BCUT2D eigenvalue weighted by molar-refractivity contribution is 0.658. The minimum absolute atomic E-state index is 0.0529. The summed E-state index contributed by atoms with van der Waals surface area (Å²) in [4.78, 5) is 27.8. The molecule has 1 N–H and O–H groups in total. The summed E-state index contributed by atoms with van der Waals surface area (Å²) in [6.07, 6.45) is 4.85. The van der Waals surface area contributed by atoms with Gasteiger partial charge < -0.3 is 0 Å². The lowest BCUT2D eigenvalue weighted by Gasteiger charge is -2.04. The Morgan fingerprint density at radius 1 is 1.38 bits per heavy atom. The molecule has 0 fully saturated rings. The first-order valence-corrected chi connectivity index (χ1v) is 7.09. The lowest BCUT2D eigenvalue weighted by Crippen LogP contribution is -2.16. The molecule has 11 heteroatoms. The summed E-state index contributed by atoms with van der Waals surface area (Å²) in [6.45, 7) is 2.34. The molecule has 0 aliphatic rings. The van der Waals surface area contributed by atoms with Crippen molar-refractivity contribution in [2.24, 2.45) is 0 Å². The van der Waals surface area contributed by atoms with Crippen LogP contribution >= 0.6 is 23.4 Å². The summed E-state index contributed by atoms with van der Waals surface area (Å²) >= 11 is 7.03. The molecule has 21 heavy (non-hydrogen) atoms. The molecular weight excluding hydrogens is 316 g/mol. The molecule has 0 aliphatic heterocycles. The maximum Gasteiger partial charge on any atom is 0.343 e. The second kappa shape index (κ2) is 5.66. The molecule has 3 rings (SSSR count). The van der Waals surface area contributed by atoms with Crippen molar-refractivity contribution in [3.05, 3.63) is 34.5 Å². The third kappa shape index (κ3) is 2.81. The Kier molecular flexibility index (Phi) is 3.71. The van der Waals surface area contributed by atoms with Gasteiger partial charge in [0.1, 0.15) is 6.33 Å². The van der Waals surface area contributed by atoms with Gasteiger partial charge in [-0.15, -0.1) is 5.10 Å². The number of hydrogen-bond donors (Lipinski definition) is 1. The summed E-state index contributed by atoms with van der Waals surface area (Å²) in [5.41, 5.74) is -0.282. The van der Waals surface area contributed by atoms with Gasteiger partial charge in [-0.1, -0.05) is 0 Å². The number of H-pyrrole nitrogens is 1. The van der Waals surface area contributed by atoms with Crippen LogP contribution in [-0.2, 0) is 6.54 Å². The van der Waals surface area contributed by atoms with Crippen LogP contribution in [0.2, 0.25) is 5.28 Å². The van der Waals surface area contributed by atoms with Gasteiger partial charge in [0.15, 0.2) is 5.16 Å². The monoisotopic (exact) mass is 324 g/mol. The van der Waals surface area contributed by atoms with Crippen molar-refractivity contribution in [2.45, 2.75) is 23.8 Å². The van der Waals surface area contributed by atoms with Crippen LogP contribution in [0.4, 0.5) is 0 Å². The highest BCUT2D eigenvalue weighted by Gasteiger charge is 2.13. The molecule has 0 unspecified atom stereocenters. The molecule has 3 aromatic rings. The number of imidazole rings is 1. The van der Waals surface area contributed by atoms with E-state index in [2.05, 4.69) is 30.1 Å². The minimum Gasteiger partial charge on any atom is -0.274 e. The Morgan fingerprint density at radius 2 is 2.24 bits per heavy atom. The van der Waals surface area contributed by atoms with E-state index in [4.69, 9.17) is 11.6 Å². The molecule has 0 saturated heterocycles. The Hall–Kier alpha value is -2.20. The molecule has 3 aromatic heterocycles. The van der Waals surface area contributed by atoms with Gasteiger partial charge in [0, 0.05) is 18.9 Å². The first-order valence-electron chi connectivity index (χ1n) is 5.90. The fourth-order valence-corrected chi connectivity index (χ4v) is 2.64. The molecule has 0 bridgehead atoms. The zero-order valence-corrected chi connectivity index (χ0v) is 12.3. The average molecular weight is 325 g/mol. The van der Waals surface area contributed by atoms with E-state index in [1.807, 2.05) is 6.92 Å². The van der Waals surface area contributed by atoms with E-state index >= 15 is 0 Å². The summed E-state index contributed by atoms with van der Waals surface area (Å²) < 4.78 is 3.08.